The number of phenolic OH excluding ortho intramolecular Hbond substituents is 2. The minimum Gasteiger partial charge on any atom is -0.508 e. The van der Waals surface area contributed by atoms with E-state index in [1.807, 2.05) is 26.0 Å². The molecule has 0 fully saturated rings. The van der Waals surface area contributed by atoms with E-state index in [1.54, 1.807) is 12.1 Å². The van der Waals surface area contributed by atoms with Crippen LogP contribution in [0.3, 0.4) is 0 Å². The number of aryl methyl sites for hydroxylation is 4. The fourth-order valence-electron chi connectivity index (χ4n) is 4.25. The van der Waals surface area contributed by atoms with Crippen molar-refractivity contribution in [2.24, 2.45) is 0 Å². The molecule has 0 aliphatic rings. The lowest BCUT2D eigenvalue weighted by Crippen LogP contribution is -2.18. The molecule has 0 aromatic heterocycles. The largest absolute Gasteiger partial charge is 0.508 e. The van der Waals surface area contributed by atoms with Crippen LogP contribution in [0, 0.1) is 13.8 Å². The number of aromatic hydroxyl groups is 2. The molecule has 0 aliphatic heterocycles. The van der Waals surface area contributed by atoms with Crippen LogP contribution in [-0.2, 0) is 42.7 Å². The molecule has 2 aromatic rings. The summed E-state index contributed by atoms with van der Waals surface area (Å²) in [4.78, 5) is 24.5. The van der Waals surface area contributed by atoms with Crippen molar-refractivity contribution < 1.29 is 29.3 Å². The molecule has 2 rings (SSSR count). The number of phenols is 2. The van der Waals surface area contributed by atoms with E-state index in [-0.39, 0.29) is 60.3 Å². The topological polar surface area (TPSA) is 93.1 Å². The van der Waals surface area contributed by atoms with E-state index in [0.717, 1.165) is 33.4 Å². The third kappa shape index (κ3) is 8.28. The first-order chi connectivity index (χ1) is 16.6. The second-order valence-corrected chi connectivity index (χ2v) is 11.5. The van der Waals surface area contributed by atoms with Crippen molar-refractivity contribution in [1.82, 2.24) is 0 Å². The number of ether oxygens (including phenoxy) is 2. The molecule has 0 atom stereocenters. The summed E-state index contributed by atoms with van der Waals surface area (Å²) in [6.07, 6.45) is 1.43. The predicted octanol–water partition coefficient (Wildman–Crippen LogP) is 5.96. The first-order valence-corrected chi connectivity index (χ1v) is 12.6. The third-order valence-electron chi connectivity index (χ3n) is 6.27. The maximum atomic E-state index is 12.2. The molecule has 0 spiro atoms. The van der Waals surface area contributed by atoms with E-state index in [4.69, 9.17) is 9.47 Å². The normalized spacial score (nSPS) is 11.9. The highest BCUT2D eigenvalue weighted by molar-refractivity contribution is 5.71. The van der Waals surface area contributed by atoms with Crippen molar-refractivity contribution in [3.05, 3.63) is 57.6 Å². The Hall–Kier alpha value is -3.02. The summed E-state index contributed by atoms with van der Waals surface area (Å²) >= 11 is 0. The van der Waals surface area contributed by atoms with Crippen molar-refractivity contribution in [2.45, 2.75) is 91.9 Å². The average molecular weight is 499 g/mol. The number of rotatable bonds is 9. The molecule has 2 N–H and O–H groups in total. The van der Waals surface area contributed by atoms with E-state index in [0.29, 0.717) is 12.8 Å². The van der Waals surface area contributed by atoms with Crippen molar-refractivity contribution in [2.75, 3.05) is 13.2 Å². The van der Waals surface area contributed by atoms with Crippen LogP contribution in [0.2, 0.25) is 0 Å². The summed E-state index contributed by atoms with van der Waals surface area (Å²) in [5.41, 5.74) is 5.26. The van der Waals surface area contributed by atoms with E-state index in [9.17, 15) is 19.8 Å². The van der Waals surface area contributed by atoms with E-state index in [2.05, 4.69) is 41.5 Å². The molecule has 0 heterocycles. The lowest BCUT2D eigenvalue weighted by Gasteiger charge is -2.24. The van der Waals surface area contributed by atoms with Crippen LogP contribution in [0.1, 0.15) is 87.8 Å². The van der Waals surface area contributed by atoms with Crippen LogP contribution in [0.4, 0.5) is 0 Å². The molecule has 6 nitrogen and oxygen atoms in total. The van der Waals surface area contributed by atoms with Gasteiger partial charge in [0.05, 0.1) is 0 Å². The molecule has 0 unspecified atom stereocenters. The summed E-state index contributed by atoms with van der Waals surface area (Å²) in [5, 5.41) is 20.2. The van der Waals surface area contributed by atoms with Crippen LogP contribution in [-0.4, -0.2) is 35.4 Å². The second-order valence-electron chi connectivity index (χ2n) is 11.5. The van der Waals surface area contributed by atoms with Gasteiger partial charge in [-0.05, 0) is 83.0 Å². The predicted molar refractivity (Wildman–Crippen MR) is 142 cm³/mol. The summed E-state index contributed by atoms with van der Waals surface area (Å²) in [6.45, 7) is 16.1. The quantitative estimate of drug-likeness (QED) is 0.327. The minimum atomic E-state index is -0.356. The Bertz CT molecular complexity index is 999. The highest BCUT2D eigenvalue weighted by Crippen LogP contribution is 2.33. The summed E-state index contributed by atoms with van der Waals surface area (Å²) in [7, 11) is 0. The zero-order chi connectivity index (χ0) is 27.3. The monoisotopic (exact) mass is 498 g/mol. The van der Waals surface area contributed by atoms with Crippen LogP contribution < -0.4 is 0 Å². The Labute approximate surface area is 215 Å². The highest BCUT2D eigenvalue weighted by Gasteiger charge is 2.21. The van der Waals surface area contributed by atoms with Gasteiger partial charge in [-0.2, -0.15) is 0 Å². The molecule has 0 amide bonds. The van der Waals surface area contributed by atoms with Crippen molar-refractivity contribution in [1.29, 1.82) is 0 Å². The molecule has 0 aliphatic carbocycles. The maximum absolute atomic E-state index is 12.2. The van der Waals surface area contributed by atoms with E-state index in [1.165, 1.54) is 0 Å². The third-order valence-corrected chi connectivity index (χ3v) is 6.27. The maximum Gasteiger partial charge on any atom is 0.306 e. The van der Waals surface area contributed by atoms with E-state index < -0.39 is 0 Å². The number of hydrogen-bond donors (Lipinski definition) is 2. The van der Waals surface area contributed by atoms with Gasteiger partial charge < -0.3 is 19.7 Å². The average Bonchev–Trinajstić information content (AvgIpc) is 2.76. The van der Waals surface area contributed by atoms with Crippen LogP contribution in [0.25, 0.3) is 0 Å². The molecule has 0 bridgehead atoms. The fourth-order valence-corrected chi connectivity index (χ4v) is 4.25. The Morgan fingerprint density at radius 3 is 1.31 bits per heavy atom. The molecule has 0 radical (unpaired) electrons. The van der Waals surface area contributed by atoms with Gasteiger partial charge >= 0.3 is 11.9 Å². The molecule has 2 aromatic carbocycles. The first kappa shape index (κ1) is 29.2. The molecule has 0 saturated heterocycles. The van der Waals surface area contributed by atoms with Gasteiger partial charge in [-0.3, -0.25) is 9.59 Å². The number of hydrogen-bond acceptors (Lipinski definition) is 6. The Morgan fingerprint density at radius 1 is 0.667 bits per heavy atom. The molecular formula is C30H42O6. The van der Waals surface area contributed by atoms with Crippen LogP contribution >= 0.6 is 0 Å². The van der Waals surface area contributed by atoms with Crippen LogP contribution in [0.15, 0.2) is 24.3 Å². The Balaban J connectivity index is 1.81. The molecule has 36 heavy (non-hydrogen) atoms. The molecule has 6 heteroatoms. The van der Waals surface area contributed by atoms with Gasteiger partial charge in [0.1, 0.15) is 24.7 Å². The second kappa shape index (κ2) is 11.8. The minimum absolute atomic E-state index is 0.0108. The van der Waals surface area contributed by atoms with Gasteiger partial charge in [0.15, 0.2) is 0 Å². The van der Waals surface area contributed by atoms with Crippen molar-refractivity contribution >= 4 is 11.9 Å². The standard InChI is InChI=1S/C30H42O6/c1-19-15-21(23(17-25(19)31)29(3,4)5)9-11-27(33)35-13-14-36-28(34)12-10-22-16-20(2)26(32)18-24(22)30(6,7)8/h15-18,31-32H,9-14H2,1-8H3. The van der Waals surface area contributed by atoms with Gasteiger partial charge in [0, 0.05) is 12.8 Å². The van der Waals surface area contributed by atoms with Crippen LogP contribution in [0.5, 0.6) is 11.5 Å². The van der Waals surface area contributed by atoms with Gasteiger partial charge in [0.2, 0.25) is 0 Å². The first-order valence-electron chi connectivity index (χ1n) is 12.6. The zero-order valence-corrected chi connectivity index (χ0v) is 23.1. The lowest BCUT2D eigenvalue weighted by molar-refractivity contribution is -0.152. The van der Waals surface area contributed by atoms with Gasteiger partial charge in [-0.25, -0.2) is 0 Å². The lowest BCUT2D eigenvalue weighted by atomic mass is 9.81. The van der Waals surface area contributed by atoms with Crippen molar-refractivity contribution in [3.8, 4) is 11.5 Å². The number of esters is 2. The molecule has 198 valence electrons. The SMILES string of the molecule is Cc1cc(CCC(=O)OCCOC(=O)CCc2cc(C)c(O)cc2C(C)(C)C)c(C(C)(C)C)cc1O. The van der Waals surface area contributed by atoms with Crippen molar-refractivity contribution in [3.63, 3.8) is 0 Å². The Kier molecular flexibility index (Phi) is 9.58. The molecule has 0 saturated carbocycles. The smallest absolute Gasteiger partial charge is 0.306 e. The number of carbonyl (C=O) groups excluding carboxylic acids is 2. The zero-order valence-electron chi connectivity index (χ0n) is 23.1. The van der Waals surface area contributed by atoms with Gasteiger partial charge in [-0.1, -0.05) is 53.7 Å². The summed E-state index contributed by atoms with van der Waals surface area (Å²) < 4.78 is 10.5. The fraction of sp³-hybridized carbons (Fsp3) is 0.533. The molecular weight excluding hydrogens is 456 g/mol. The van der Waals surface area contributed by atoms with Gasteiger partial charge in [-0.15, -0.1) is 0 Å². The van der Waals surface area contributed by atoms with E-state index >= 15 is 0 Å². The summed E-state index contributed by atoms with van der Waals surface area (Å²) in [5.74, 6) is -0.205. The Morgan fingerprint density at radius 2 is 1.00 bits per heavy atom. The van der Waals surface area contributed by atoms with Gasteiger partial charge in [0.25, 0.3) is 0 Å². The number of benzene rings is 2. The summed E-state index contributed by atoms with van der Waals surface area (Å²) in [6, 6.07) is 7.40. The highest BCUT2D eigenvalue weighted by atomic mass is 16.6. The number of carbonyl (C=O) groups is 2.